The fourth-order valence-corrected chi connectivity index (χ4v) is 4.68. The fourth-order valence-electron chi connectivity index (χ4n) is 3.81. The van der Waals surface area contributed by atoms with Crippen molar-refractivity contribution in [1.82, 2.24) is 4.68 Å². The van der Waals surface area contributed by atoms with Crippen molar-refractivity contribution >= 4 is 29.1 Å². The normalized spacial score (nSPS) is 13.4. The highest BCUT2D eigenvalue weighted by Gasteiger charge is 2.18. The molecule has 36 heavy (non-hydrogen) atoms. The topological polar surface area (TPSA) is 97.4 Å². The van der Waals surface area contributed by atoms with Crippen LogP contribution in [0, 0.1) is 0 Å². The molecule has 0 saturated carbocycles. The molecule has 2 heterocycles. The van der Waals surface area contributed by atoms with Crippen LogP contribution in [0.3, 0.4) is 0 Å². The zero-order valence-electron chi connectivity index (χ0n) is 19.5. The summed E-state index contributed by atoms with van der Waals surface area (Å²) in [6, 6.07) is 21.0. The van der Waals surface area contributed by atoms with Crippen LogP contribution in [-0.4, -0.2) is 42.2 Å². The highest BCUT2D eigenvalue weighted by Crippen LogP contribution is 2.33. The number of benzene rings is 3. The summed E-state index contributed by atoms with van der Waals surface area (Å²) in [6.45, 7) is 0.599. The van der Waals surface area contributed by atoms with Gasteiger partial charge < -0.3 is 19.9 Å². The molecule has 0 aliphatic carbocycles. The number of amides is 1. The molecule has 1 aliphatic heterocycles. The van der Waals surface area contributed by atoms with Crippen molar-refractivity contribution < 1.29 is 19.4 Å². The van der Waals surface area contributed by atoms with Gasteiger partial charge in [0.15, 0.2) is 18.1 Å². The Bertz CT molecular complexity index is 1490. The Labute approximate surface area is 211 Å². The number of para-hydroxylation sites is 1. The van der Waals surface area contributed by atoms with E-state index in [1.807, 2.05) is 41.8 Å². The van der Waals surface area contributed by atoms with Crippen LogP contribution < -0.4 is 19.6 Å². The number of nitrogens with one attached hydrogen (secondary N) is 1. The largest absolute Gasteiger partial charge is 0.504 e. The third-order valence-corrected chi connectivity index (χ3v) is 6.50. The lowest BCUT2D eigenvalue weighted by Crippen LogP contribution is -2.25. The number of nitrogens with zero attached hydrogens (tertiary/aromatic N) is 3. The van der Waals surface area contributed by atoms with E-state index in [-0.39, 0.29) is 18.3 Å². The summed E-state index contributed by atoms with van der Waals surface area (Å²) in [5.41, 5.74) is 3.96. The van der Waals surface area contributed by atoms with Crippen LogP contribution in [0.25, 0.3) is 11.3 Å². The highest BCUT2D eigenvalue weighted by molar-refractivity contribution is 7.07. The van der Waals surface area contributed by atoms with E-state index in [4.69, 9.17) is 14.5 Å². The van der Waals surface area contributed by atoms with Gasteiger partial charge in [-0.25, -0.2) is 4.68 Å². The van der Waals surface area contributed by atoms with Crippen LogP contribution in [0.4, 0.5) is 5.69 Å². The molecule has 4 aromatic rings. The molecule has 0 radical (unpaired) electrons. The summed E-state index contributed by atoms with van der Waals surface area (Å²) in [6.07, 6.45) is 2.38. The monoisotopic (exact) mass is 500 g/mol. The van der Waals surface area contributed by atoms with Crippen LogP contribution >= 0.6 is 11.3 Å². The van der Waals surface area contributed by atoms with Crippen molar-refractivity contribution in [2.45, 2.75) is 6.42 Å². The summed E-state index contributed by atoms with van der Waals surface area (Å²) in [5.74, 6) is 0.809. The predicted octanol–water partition coefficient (Wildman–Crippen LogP) is 4.29. The second-order valence-corrected chi connectivity index (χ2v) is 8.86. The number of phenolic OH excluding ortho intramolecular Hbond substituents is 1. The minimum absolute atomic E-state index is 0.00354. The molecule has 182 valence electrons. The first-order valence-corrected chi connectivity index (χ1v) is 12.2. The molecular formula is C27H24N4O4S. The van der Waals surface area contributed by atoms with Crippen LogP contribution in [-0.2, 0) is 11.2 Å². The Balaban J connectivity index is 1.53. The van der Waals surface area contributed by atoms with E-state index in [0.717, 1.165) is 17.7 Å². The van der Waals surface area contributed by atoms with Gasteiger partial charge in [-0.2, -0.15) is 5.10 Å². The molecule has 0 spiro atoms. The van der Waals surface area contributed by atoms with Gasteiger partial charge in [-0.1, -0.05) is 36.4 Å². The Morgan fingerprint density at radius 3 is 2.86 bits per heavy atom. The average Bonchev–Trinajstić information content (AvgIpc) is 3.31. The Hall–Kier alpha value is -4.37. The van der Waals surface area contributed by atoms with Crippen molar-refractivity contribution in [3.8, 4) is 28.5 Å². The van der Waals surface area contributed by atoms with Crippen LogP contribution in [0.5, 0.6) is 17.2 Å². The van der Waals surface area contributed by atoms with Gasteiger partial charge in [0.05, 0.1) is 24.7 Å². The number of anilines is 1. The SMILES string of the molecule is COc1cccc(C=Nn2c(-c3ccc4c(c3)NC(=O)CO4)csc2=NCCc2ccccc2)c1O. The third-order valence-electron chi connectivity index (χ3n) is 5.65. The summed E-state index contributed by atoms with van der Waals surface area (Å²) >= 11 is 1.47. The average molecular weight is 501 g/mol. The number of rotatable bonds is 7. The zero-order valence-corrected chi connectivity index (χ0v) is 20.4. The van der Waals surface area contributed by atoms with Crippen molar-refractivity contribution in [1.29, 1.82) is 0 Å². The Morgan fingerprint density at radius 2 is 2.03 bits per heavy atom. The predicted molar refractivity (Wildman–Crippen MR) is 140 cm³/mol. The van der Waals surface area contributed by atoms with E-state index < -0.39 is 0 Å². The first kappa shape index (κ1) is 23.4. The van der Waals surface area contributed by atoms with Gasteiger partial charge in [-0.3, -0.25) is 9.79 Å². The molecule has 2 N–H and O–H groups in total. The number of fused-ring (bicyclic) bond motifs is 1. The van der Waals surface area contributed by atoms with E-state index in [9.17, 15) is 9.90 Å². The summed E-state index contributed by atoms with van der Waals surface area (Å²) in [4.78, 5) is 17.3. The van der Waals surface area contributed by atoms with E-state index >= 15 is 0 Å². The molecule has 9 heteroatoms. The Kier molecular flexibility index (Phi) is 6.81. The van der Waals surface area contributed by atoms with Gasteiger partial charge >= 0.3 is 0 Å². The smallest absolute Gasteiger partial charge is 0.262 e. The number of hydrogen-bond acceptors (Lipinski definition) is 7. The lowest BCUT2D eigenvalue weighted by molar-refractivity contribution is -0.118. The Morgan fingerprint density at radius 1 is 1.17 bits per heavy atom. The number of hydrogen-bond donors (Lipinski definition) is 2. The molecule has 0 atom stereocenters. The molecule has 1 aliphatic rings. The summed E-state index contributed by atoms with van der Waals surface area (Å²) in [7, 11) is 1.50. The number of phenols is 1. The van der Waals surface area contributed by atoms with E-state index in [1.54, 1.807) is 29.1 Å². The quantitative estimate of drug-likeness (QED) is 0.370. The van der Waals surface area contributed by atoms with Crippen molar-refractivity contribution in [3.05, 3.63) is 88.0 Å². The second-order valence-electron chi connectivity index (χ2n) is 8.02. The maximum absolute atomic E-state index is 11.8. The number of thiazole rings is 1. The molecule has 0 unspecified atom stereocenters. The standard InChI is InChI=1S/C27H24N4O4S/c1-34-24-9-5-8-20(26(24)33)15-29-31-22(19-10-11-23-21(14-19)30-25(32)16-35-23)17-36-27(31)28-13-12-18-6-3-2-4-7-18/h2-11,14-15,17,33H,12-13,16H2,1H3,(H,30,32). The molecule has 0 bridgehead atoms. The highest BCUT2D eigenvalue weighted by atomic mass is 32.1. The molecule has 0 fully saturated rings. The van der Waals surface area contributed by atoms with Crippen LogP contribution in [0.2, 0.25) is 0 Å². The summed E-state index contributed by atoms with van der Waals surface area (Å²) in [5, 5.41) is 20.0. The van der Waals surface area contributed by atoms with E-state index in [1.165, 1.54) is 24.0 Å². The van der Waals surface area contributed by atoms with Crippen LogP contribution in [0.15, 0.2) is 82.2 Å². The second kappa shape index (κ2) is 10.5. The molecule has 5 rings (SSSR count). The molecule has 3 aromatic carbocycles. The van der Waals surface area contributed by atoms with Gasteiger partial charge in [0.2, 0.25) is 4.80 Å². The number of carbonyl (C=O) groups is 1. The molecule has 1 amide bonds. The van der Waals surface area contributed by atoms with Gasteiger partial charge in [-0.05, 0) is 42.3 Å². The van der Waals surface area contributed by atoms with Gasteiger partial charge in [0.1, 0.15) is 5.75 Å². The first-order valence-electron chi connectivity index (χ1n) is 11.3. The maximum atomic E-state index is 11.8. The number of ether oxygens (including phenoxy) is 2. The molecule has 8 nitrogen and oxygen atoms in total. The van der Waals surface area contributed by atoms with Crippen LogP contribution in [0.1, 0.15) is 11.1 Å². The molecular weight excluding hydrogens is 476 g/mol. The van der Waals surface area contributed by atoms with E-state index in [2.05, 4.69) is 22.6 Å². The number of methoxy groups -OCH3 is 1. The lowest BCUT2D eigenvalue weighted by Gasteiger charge is -2.18. The van der Waals surface area contributed by atoms with Gasteiger partial charge in [-0.15, -0.1) is 11.3 Å². The maximum Gasteiger partial charge on any atom is 0.262 e. The van der Waals surface area contributed by atoms with Gasteiger partial charge in [0, 0.05) is 23.1 Å². The molecule has 1 aromatic heterocycles. The van der Waals surface area contributed by atoms with Gasteiger partial charge in [0.25, 0.3) is 5.91 Å². The number of aromatic hydroxyl groups is 1. The minimum atomic E-state index is -0.194. The van der Waals surface area contributed by atoms with Crippen molar-refractivity contribution in [2.24, 2.45) is 10.1 Å². The number of aromatic nitrogens is 1. The lowest BCUT2D eigenvalue weighted by atomic mass is 10.1. The minimum Gasteiger partial charge on any atom is -0.504 e. The zero-order chi connectivity index (χ0) is 24.9. The molecule has 0 saturated heterocycles. The first-order chi connectivity index (χ1) is 17.6. The van der Waals surface area contributed by atoms with Crippen molar-refractivity contribution in [2.75, 3.05) is 25.6 Å². The van der Waals surface area contributed by atoms with Crippen molar-refractivity contribution in [3.63, 3.8) is 0 Å². The van der Waals surface area contributed by atoms with E-state index in [0.29, 0.717) is 34.1 Å². The summed E-state index contributed by atoms with van der Waals surface area (Å²) < 4.78 is 12.4. The third kappa shape index (κ3) is 5.01. The number of carbonyl (C=O) groups excluding carboxylic acids is 1. The fraction of sp³-hybridized carbons (Fsp3) is 0.148.